The minimum Gasteiger partial charge on any atom is -0.506 e. The molecule has 2 heterocycles. The average Bonchev–Trinajstić information content (AvgIpc) is 2.84. The van der Waals surface area contributed by atoms with E-state index in [0.29, 0.717) is 17.1 Å². The minimum absolute atomic E-state index is 0.0759. The Morgan fingerprint density at radius 3 is 3.05 bits per heavy atom. The van der Waals surface area contributed by atoms with E-state index < -0.39 is 0 Å². The van der Waals surface area contributed by atoms with Gasteiger partial charge in [0.25, 0.3) is 5.91 Å². The Balaban J connectivity index is 2.02. The van der Waals surface area contributed by atoms with Crippen LogP contribution in [0.2, 0.25) is 0 Å². The van der Waals surface area contributed by atoms with E-state index in [4.69, 9.17) is 0 Å². The summed E-state index contributed by atoms with van der Waals surface area (Å²) in [6, 6.07) is 5.41. The molecule has 0 bridgehead atoms. The smallest absolute Gasteiger partial charge is 0.270 e. The van der Waals surface area contributed by atoms with Crippen LogP contribution in [-0.2, 0) is 6.42 Å². The molecular formula is C14H14N2O2S. The number of aromatic nitrogens is 1. The molecule has 1 aliphatic heterocycles. The minimum atomic E-state index is -0.0759. The molecule has 0 saturated heterocycles. The first kappa shape index (κ1) is 12.2. The number of anilines is 1. The number of carbonyl (C=O) groups is 1. The summed E-state index contributed by atoms with van der Waals surface area (Å²) in [5, 5.41) is 10.9. The molecule has 3 rings (SSSR count). The predicted octanol–water partition coefficient (Wildman–Crippen LogP) is 2.75. The first-order valence-corrected chi connectivity index (χ1v) is 7.03. The maximum atomic E-state index is 12.5. The molecule has 0 fully saturated rings. The first-order chi connectivity index (χ1) is 9.16. The SMILES string of the molecule is Cc1ncc(C(=O)N2CCCc3cccc(O)c32)s1. The molecule has 0 atom stereocenters. The van der Waals surface area contributed by atoms with Crippen LogP contribution in [-0.4, -0.2) is 22.5 Å². The van der Waals surface area contributed by atoms with Gasteiger partial charge < -0.3 is 10.0 Å². The molecule has 1 aromatic heterocycles. The standard InChI is InChI=1S/C14H14N2O2S/c1-9-15-8-12(19-9)14(18)16-7-3-5-10-4-2-6-11(17)13(10)16/h2,4,6,8,17H,3,5,7H2,1H3. The van der Waals surface area contributed by atoms with Crippen molar-refractivity contribution in [2.45, 2.75) is 19.8 Å². The van der Waals surface area contributed by atoms with Crippen molar-refractivity contribution in [1.82, 2.24) is 4.98 Å². The van der Waals surface area contributed by atoms with Crippen molar-refractivity contribution in [3.63, 3.8) is 0 Å². The zero-order valence-corrected chi connectivity index (χ0v) is 11.4. The molecule has 0 unspecified atom stereocenters. The summed E-state index contributed by atoms with van der Waals surface area (Å²) in [5.74, 6) is 0.0971. The normalized spacial score (nSPS) is 14.3. The van der Waals surface area contributed by atoms with E-state index in [9.17, 15) is 9.90 Å². The molecule has 19 heavy (non-hydrogen) atoms. The van der Waals surface area contributed by atoms with Gasteiger partial charge in [0.1, 0.15) is 10.6 Å². The molecule has 0 radical (unpaired) electrons. The lowest BCUT2D eigenvalue weighted by Crippen LogP contribution is -2.35. The molecule has 0 aliphatic carbocycles. The number of phenols is 1. The van der Waals surface area contributed by atoms with Gasteiger partial charge in [-0.05, 0) is 31.4 Å². The molecule has 98 valence electrons. The number of para-hydroxylation sites is 1. The highest BCUT2D eigenvalue weighted by Crippen LogP contribution is 2.36. The Kier molecular flexibility index (Phi) is 2.98. The van der Waals surface area contributed by atoms with Crippen molar-refractivity contribution in [2.75, 3.05) is 11.4 Å². The van der Waals surface area contributed by atoms with E-state index in [1.807, 2.05) is 19.1 Å². The lowest BCUT2D eigenvalue weighted by molar-refractivity contribution is 0.0988. The van der Waals surface area contributed by atoms with E-state index in [-0.39, 0.29) is 11.7 Å². The molecule has 0 saturated carbocycles. The van der Waals surface area contributed by atoms with Crippen LogP contribution in [0.15, 0.2) is 24.4 Å². The van der Waals surface area contributed by atoms with E-state index in [0.717, 1.165) is 23.4 Å². The van der Waals surface area contributed by atoms with Crippen LogP contribution in [0.4, 0.5) is 5.69 Å². The zero-order valence-electron chi connectivity index (χ0n) is 10.6. The summed E-state index contributed by atoms with van der Waals surface area (Å²) in [6.07, 6.45) is 3.42. The number of nitrogens with zero attached hydrogens (tertiary/aromatic N) is 2. The second-order valence-corrected chi connectivity index (χ2v) is 5.82. The first-order valence-electron chi connectivity index (χ1n) is 6.22. The van der Waals surface area contributed by atoms with Gasteiger partial charge in [0.05, 0.1) is 16.9 Å². The summed E-state index contributed by atoms with van der Waals surface area (Å²) in [5.41, 5.74) is 1.69. The van der Waals surface area contributed by atoms with Gasteiger partial charge in [0, 0.05) is 6.54 Å². The van der Waals surface area contributed by atoms with Gasteiger partial charge in [-0.3, -0.25) is 4.79 Å². The Morgan fingerprint density at radius 2 is 2.32 bits per heavy atom. The monoisotopic (exact) mass is 274 g/mol. The Labute approximate surface area is 115 Å². The van der Waals surface area contributed by atoms with Gasteiger partial charge >= 0.3 is 0 Å². The number of aryl methyl sites for hydroxylation is 2. The fourth-order valence-corrected chi connectivity index (χ4v) is 3.15. The summed E-state index contributed by atoms with van der Waals surface area (Å²) in [4.78, 5) is 18.9. The van der Waals surface area contributed by atoms with E-state index in [2.05, 4.69) is 4.98 Å². The average molecular weight is 274 g/mol. The van der Waals surface area contributed by atoms with Crippen molar-refractivity contribution in [3.05, 3.63) is 39.8 Å². The number of aromatic hydroxyl groups is 1. The maximum Gasteiger partial charge on any atom is 0.270 e. The Morgan fingerprint density at radius 1 is 1.47 bits per heavy atom. The number of carbonyl (C=O) groups excluding carboxylic acids is 1. The van der Waals surface area contributed by atoms with Crippen LogP contribution < -0.4 is 4.90 Å². The third-order valence-corrected chi connectivity index (χ3v) is 4.17. The summed E-state index contributed by atoms with van der Waals surface area (Å²) in [7, 11) is 0. The quantitative estimate of drug-likeness (QED) is 0.870. The molecule has 5 heteroatoms. The number of thiazole rings is 1. The van der Waals surface area contributed by atoms with Gasteiger partial charge in [-0.25, -0.2) is 4.98 Å². The number of phenolic OH excluding ortho intramolecular Hbond substituents is 1. The Bertz CT molecular complexity index is 636. The fraction of sp³-hybridized carbons (Fsp3) is 0.286. The van der Waals surface area contributed by atoms with Gasteiger partial charge in [0.15, 0.2) is 0 Å². The predicted molar refractivity (Wildman–Crippen MR) is 75.0 cm³/mol. The second-order valence-electron chi connectivity index (χ2n) is 4.59. The fourth-order valence-electron chi connectivity index (χ4n) is 2.43. The molecule has 0 spiro atoms. The molecule has 1 aromatic carbocycles. The van der Waals surface area contributed by atoms with Crippen LogP contribution in [0.25, 0.3) is 0 Å². The lowest BCUT2D eigenvalue weighted by Gasteiger charge is -2.29. The third-order valence-electron chi connectivity index (χ3n) is 3.27. The van der Waals surface area contributed by atoms with Crippen molar-refractivity contribution in [2.24, 2.45) is 0 Å². The van der Waals surface area contributed by atoms with Crippen molar-refractivity contribution in [3.8, 4) is 5.75 Å². The van der Waals surface area contributed by atoms with Crippen molar-refractivity contribution < 1.29 is 9.90 Å². The van der Waals surface area contributed by atoms with Crippen molar-refractivity contribution >= 4 is 22.9 Å². The van der Waals surface area contributed by atoms with E-state index in [1.165, 1.54) is 11.3 Å². The summed E-state index contributed by atoms with van der Waals surface area (Å²) in [6.45, 7) is 2.52. The second kappa shape index (κ2) is 4.66. The highest BCUT2D eigenvalue weighted by molar-refractivity contribution is 7.13. The van der Waals surface area contributed by atoms with Gasteiger partial charge in [-0.2, -0.15) is 0 Å². The molecule has 1 N–H and O–H groups in total. The van der Waals surface area contributed by atoms with E-state index >= 15 is 0 Å². The largest absolute Gasteiger partial charge is 0.506 e. The van der Waals surface area contributed by atoms with Gasteiger partial charge in [0.2, 0.25) is 0 Å². The molecule has 1 amide bonds. The van der Waals surface area contributed by atoms with Crippen LogP contribution in [0.1, 0.15) is 26.7 Å². The maximum absolute atomic E-state index is 12.5. The van der Waals surface area contributed by atoms with Crippen LogP contribution in [0.5, 0.6) is 5.75 Å². The number of hydrogen-bond donors (Lipinski definition) is 1. The van der Waals surface area contributed by atoms with Gasteiger partial charge in [-0.1, -0.05) is 12.1 Å². The Hall–Kier alpha value is -1.88. The molecule has 1 aliphatic rings. The number of hydrogen-bond acceptors (Lipinski definition) is 4. The van der Waals surface area contributed by atoms with E-state index in [1.54, 1.807) is 17.2 Å². The summed E-state index contributed by atoms with van der Waals surface area (Å²) >= 11 is 1.39. The number of benzene rings is 1. The summed E-state index contributed by atoms with van der Waals surface area (Å²) < 4.78 is 0. The molecule has 2 aromatic rings. The van der Waals surface area contributed by atoms with Crippen LogP contribution >= 0.6 is 11.3 Å². The van der Waals surface area contributed by atoms with Crippen LogP contribution in [0.3, 0.4) is 0 Å². The molecular weight excluding hydrogens is 260 g/mol. The number of amides is 1. The highest BCUT2D eigenvalue weighted by Gasteiger charge is 2.27. The topological polar surface area (TPSA) is 53.4 Å². The van der Waals surface area contributed by atoms with Crippen molar-refractivity contribution in [1.29, 1.82) is 0 Å². The zero-order chi connectivity index (χ0) is 13.4. The number of rotatable bonds is 1. The molecule has 4 nitrogen and oxygen atoms in total. The highest BCUT2D eigenvalue weighted by atomic mass is 32.1. The number of fused-ring (bicyclic) bond motifs is 1. The van der Waals surface area contributed by atoms with Crippen LogP contribution in [0, 0.1) is 6.92 Å². The lowest BCUT2D eigenvalue weighted by atomic mass is 10.0. The van der Waals surface area contributed by atoms with Gasteiger partial charge in [-0.15, -0.1) is 11.3 Å². The third kappa shape index (κ3) is 2.10.